The lowest BCUT2D eigenvalue weighted by Gasteiger charge is -2.42. The molecule has 1 fully saturated rings. The van der Waals surface area contributed by atoms with Crippen LogP contribution in [0.15, 0.2) is 6.20 Å². The molecule has 0 bridgehead atoms. The summed E-state index contributed by atoms with van der Waals surface area (Å²) in [6.07, 6.45) is 8.85. The molecule has 2 aliphatic rings. The zero-order chi connectivity index (χ0) is 17.3. The normalized spacial score (nSPS) is 21.9. The Morgan fingerprint density at radius 1 is 1.42 bits per heavy atom. The van der Waals surface area contributed by atoms with Crippen LogP contribution >= 0.6 is 0 Å². The van der Waals surface area contributed by atoms with Crippen LogP contribution in [-0.2, 0) is 22.6 Å². The molecule has 0 aromatic carbocycles. The van der Waals surface area contributed by atoms with E-state index in [0.29, 0.717) is 5.92 Å². The van der Waals surface area contributed by atoms with Crippen LogP contribution in [0.1, 0.15) is 69.7 Å². The predicted molar refractivity (Wildman–Crippen MR) is 91.0 cm³/mol. The van der Waals surface area contributed by atoms with Crippen LogP contribution in [0.2, 0.25) is 0 Å². The molecule has 1 atom stereocenters. The number of amides is 2. The Morgan fingerprint density at radius 3 is 2.75 bits per heavy atom. The van der Waals surface area contributed by atoms with E-state index in [-0.39, 0.29) is 23.9 Å². The van der Waals surface area contributed by atoms with Gasteiger partial charge < -0.3 is 11.1 Å². The number of primary amides is 1. The molecule has 6 heteroatoms. The molecular weight excluding hydrogens is 304 g/mol. The molecule has 0 radical (unpaired) electrons. The van der Waals surface area contributed by atoms with Crippen molar-refractivity contribution in [2.24, 2.45) is 17.1 Å². The standard InChI is InChI=1S/C18H28N4O2/c1-12(2)9-18(7-4-8-18)17(24)20-14-6-3-5-13-10-22(11-15(19)23)21-16(13)14/h10,12,14H,3-9,11H2,1-2H3,(H2,19,23)(H,20,24)/t14-/m1/s1. The van der Waals surface area contributed by atoms with Gasteiger partial charge in [0.05, 0.1) is 11.7 Å². The van der Waals surface area contributed by atoms with Gasteiger partial charge in [-0.2, -0.15) is 5.10 Å². The van der Waals surface area contributed by atoms with Gasteiger partial charge in [-0.25, -0.2) is 0 Å². The molecule has 1 saturated carbocycles. The second-order valence-corrected chi connectivity index (χ2v) is 7.85. The van der Waals surface area contributed by atoms with E-state index in [2.05, 4.69) is 24.3 Å². The maximum atomic E-state index is 12.9. The van der Waals surface area contributed by atoms with Crippen molar-refractivity contribution in [2.45, 2.75) is 71.4 Å². The van der Waals surface area contributed by atoms with Crippen molar-refractivity contribution in [3.05, 3.63) is 17.5 Å². The first-order valence-electron chi connectivity index (χ1n) is 9.05. The van der Waals surface area contributed by atoms with Crippen LogP contribution in [0.4, 0.5) is 0 Å². The van der Waals surface area contributed by atoms with Crippen molar-refractivity contribution in [1.82, 2.24) is 15.1 Å². The summed E-state index contributed by atoms with van der Waals surface area (Å²) in [7, 11) is 0. The third-order valence-electron chi connectivity index (χ3n) is 5.35. The number of hydrogen-bond donors (Lipinski definition) is 2. The van der Waals surface area contributed by atoms with Gasteiger partial charge in [0.25, 0.3) is 0 Å². The van der Waals surface area contributed by atoms with Gasteiger partial charge >= 0.3 is 0 Å². The third kappa shape index (κ3) is 3.32. The van der Waals surface area contributed by atoms with Crippen molar-refractivity contribution in [2.75, 3.05) is 0 Å². The lowest BCUT2D eigenvalue weighted by atomic mass is 9.64. The number of carbonyl (C=O) groups is 2. The predicted octanol–water partition coefficient (Wildman–Crippen LogP) is 2.08. The Labute approximate surface area is 143 Å². The smallest absolute Gasteiger partial charge is 0.239 e. The van der Waals surface area contributed by atoms with Crippen LogP contribution in [0.25, 0.3) is 0 Å². The van der Waals surface area contributed by atoms with Gasteiger partial charge in [0.1, 0.15) is 6.54 Å². The molecule has 0 spiro atoms. The number of aromatic nitrogens is 2. The van der Waals surface area contributed by atoms with Gasteiger partial charge in [0, 0.05) is 11.6 Å². The van der Waals surface area contributed by atoms with E-state index in [1.54, 1.807) is 4.68 Å². The Kier molecular flexibility index (Phi) is 4.65. The summed E-state index contributed by atoms with van der Waals surface area (Å²) in [4.78, 5) is 24.0. The number of nitrogens with two attached hydrogens (primary N) is 1. The van der Waals surface area contributed by atoms with Gasteiger partial charge in [0.2, 0.25) is 11.8 Å². The summed E-state index contributed by atoms with van der Waals surface area (Å²) >= 11 is 0. The van der Waals surface area contributed by atoms with Crippen molar-refractivity contribution >= 4 is 11.8 Å². The lowest BCUT2D eigenvalue weighted by Crippen LogP contribution is -2.48. The maximum Gasteiger partial charge on any atom is 0.239 e. The minimum atomic E-state index is -0.402. The van der Waals surface area contributed by atoms with Gasteiger partial charge in [-0.05, 0) is 50.0 Å². The lowest BCUT2D eigenvalue weighted by molar-refractivity contribution is -0.138. The molecule has 24 heavy (non-hydrogen) atoms. The molecule has 3 N–H and O–H groups in total. The SMILES string of the molecule is CC(C)CC1(C(=O)N[C@@H]2CCCc3cn(CC(N)=O)nc32)CCC1. The third-order valence-corrected chi connectivity index (χ3v) is 5.35. The molecule has 2 aliphatic carbocycles. The van der Waals surface area contributed by atoms with E-state index in [4.69, 9.17) is 5.73 Å². The number of rotatable bonds is 6. The van der Waals surface area contributed by atoms with Crippen LogP contribution in [0.5, 0.6) is 0 Å². The van der Waals surface area contributed by atoms with Gasteiger partial charge in [0.15, 0.2) is 0 Å². The highest BCUT2D eigenvalue weighted by Crippen LogP contribution is 2.46. The summed E-state index contributed by atoms with van der Waals surface area (Å²) in [6.45, 7) is 4.44. The summed E-state index contributed by atoms with van der Waals surface area (Å²) in [5.41, 5.74) is 7.11. The van der Waals surface area contributed by atoms with Crippen molar-refractivity contribution < 1.29 is 9.59 Å². The van der Waals surface area contributed by atoms with Crippen LogP contribution < -0.4 is 11.1 Å². The summed E-state index contributed by atoms with van der Waals surface area (Å²) in [5.74, 6) is 0.304. The number of carbonyl (C=O) groups excluding carboxylic acids is 2. The first kappa shape index (κ1) is 17.0. The van der Waals surface area contributed by atoms with E-state index in [9.17, 15) is 9.59 Å². The number of fused-ring (bicyclic) bond motifs is 1. The van der Waals surface area contributed by atoms with Gasteiger partial charge in [-0.3, -0.25) is 14.3 Å². The van der Waals surface area contributed by atoms with Crippen molar-refractivity contribution in [3.63, 3.8) is 0 Å². The molecule has 2 amide bonds. The molecule has 1 aromatic rings. The molecular formula is C18H28N4O2. The highest BCUT2D eigenvalue weighted by Gasteiger charge is 2.45. The molecule has 0 saturated heterocycles. The van der Waals surface area contributed by atoms with E-state index in [1.807, 2.05) is 6.20 Å². The molecule has 1 heterocycles. The fraction of sp³-hybridized carbons (Fsp3) is 0.722. The monoisotopic (exact) mass is 332 g/mol. The Hall–Kier alpha value is -1.85. The number of nitrogens with one attached hydrogen (secondary N) is 1. The average Bonchev–Trinajstić information content (AvgIpc) is 2.85. The fourth-order valence-electron chi connectivity index (χ4n) is 4.20. The highest BCUT2D eigenvalue weighted by molar-refractivity contribution is 5.84. The molecule has 0 aliphatic heterocycles. The minimum absolute atomic E-state index is 0.0417. The zero-order valence-electron chi connectivity index (χ0n) is 14.7. The average molecular weight is 332 g/mol. The quantitative estimate of drug-likeness (QED) is 0.835. The van der Waals surface area contributed by atoms with Crippen LogP contribution in [-0.4, -0.2) is 21.6 Å². The maximum absolute atomic E-state index is 12.9. The minimum Gasteiger partial charge on any atom is -0.368 e. The Balaban J connectivity index is 1.73. The highest BCUT2D eigenvalue weighted by atomic mass is 16.2. The fourth-order valence-corrected chi connectivity index (χ4v) is 4.20. The second-order valence-electron chi connectivity index (χ2n) is 7.85. The zero-order valence-corrected chi connectivity index (χ0v) is 14.7. The van der Waals surface area contributed by atoms with E-state index in [0.717, 1.165) is 56.2 Å². The molecule has 3 rings (SSSR count). The number of nitrogens with zero attached hydrogens (tertiary/aromatic N) is 2. The van der Waals surface area contributed by atoms with Gasteiger partial charge in [-0.15, -0.1) is 0 Å². The number of aryl methyl sites for hydroxylation is 1. The molecule has 1 aromatic heterocycles. The summed E-state index contributed by atoms with van der Waals surface area (Å²) in [6, 6.07) is -0.0417. The van der Waals surface area contributed by atoms with Crippen molar-refractivity contribution in [3.8, 4) is 0 Å². The van der Waals surface area contributed by atoms with E-state index < -0.39 is 5.91 Å². The Morgan fingerprint density at radius 2 is 2.17 bits per heavy atom. The van der Waals surface area contributed by atoms with Crippen LogP contribution in [0.3, 0.4) is 0 Å². The van der Waals surface area contributed by atoms with Gasteiger partial charge in [-0.1, -0.05) is 20.3 Å². The first-order valence-corrected chi connectivity index (χ1v) is 9.05. The largest absolute Gasteiger partial charge is 0.368 e. The van der Waals surface area contributed by atoms with Crippen LogP contribution in [0, 0.1) is 11.3 Å². The number of hydrogen-bond acceptors (Lipinski definition) is 3. The topological polar surface area (TPSA) is 90.0 Å². The second kappa shape index (κ2) is 6.57. The Bertz CT molecular complexity index is 631. The molecule has 0 unspecified atom stereocenters. The summed E-state index contributed by atoms with van der Waals surface area (Å²) < 4.78 is 1.60. The molecule has 6 nitrogen and oxygen atoms in total. The summed E-state index contributed by atoms with van der Waals surface area (Å²) in [5, 5.41) is 7.77. The first-order chi connectivity index (χ1) is 11.4. The van der Waals surface area contributed by atoms with E-state index in [1.165, 1.54) is 0 Å². The van der Waals surface area contributed by atoms with E-state index >= 15 is 0 Å². The van der Waals surface area contributed by atoms with Crippen molar-refractivity contribution in [1.29, 1.82) is 0 Å². The molecule has 132 valence electrons.